The summed E-state index contributed by atoms with van der Waals surface area (Å²) in [7, 11) is -2.58. The molecule has 0 aliphatic rings. The summed E-state index contributed by atoms with van der Waals surface area (Å²) < 4.78 is 32.8. The summed E-state index contributed by atoms with van der Waals surface area (Å²) in [5.74, 6) is -0.573. The molecule has 158 valence electrons. The topological polar surface area (TPSA) is 72.5 Å². The largest absolute Gasteiger partial charge is 0.465 e. The van der Waals surface area contributed by atoms with Gasteiger partial charge in [-0.2, -0.15) is 0 Å². The van der Waals surface area contributed by atoms with E-state index in [1.54, 1.807) is 32.1 Å². The predicted molar refractivity (Wildman–Crippen MR) is 121 cm³/mol. The fourth-order valence-electron chi connectivity index (χ4n) is 2.78. The molecular formula is C24H27NO4S. The second-order valence-corrected chi connectivity index (χ2v) is 8.35. The standard InChI is InChI=1S/C24H27NO4S/c1-5-8-19-12-14-20(15-13-19)9-7-10-21(6-2)25-30(27,28)22-16-11-18(3)23(17-22)24(26)29-4/h5-8,10-17,25H,9H2,1-4H3/b8-5+,10-7-,21-6+. The molecule has 2 rings (SSSR count). The number of carbonyl (C=O) groups is 1. The SMILES string of the molecule is C/C=C/c1ccc(C/C=C\C(=C/C)NS(=O)(=O)c2ccc(C)c(C(=O)OC)c2)cc1. The monoisotopic (exact) mass is 425 g/mol. The highest BCUT2D eigenvalue weighted by Gasteiger charge is 2.18. The Bertz CT molecular complexity index is 1080. The van der Waals surface area contributed by atoms with Crippen molar-refractivity contribution >= 4 is 22.1 Å². The minimum Gasteiger partial charge on any atom is -0.465 e. The number of benzene rings is 2. The first-order chi connectivity index (χ1) is 14.3. The van der Waals surface area contributed by atoms with Crippen LogP contribution < -0.4 is 4.72 Å². The molecule has 0 radical (unpaired) electrons. The summed E-state index contributed by atoms with van der Waals surface area (Å²) in [4.78, 5) is 11.9. The van der Waals surface area contributed by atoms with Gasteiger partial charge in [0, 0.05) is 5.70 Å². The molecule has 0 unspecified atom stereocenters. The van der Waals surface area contributed by atoms with Gasteiger partial charge in [0.1, 0.15) is 0 Å². The van der Waals surface area contributed by atoms with Crippen molar-refractivity contribution in [1.29, 1.82) is 0 Å². The summed E-state index contributed by atoms with van der Waals surface area (Å²) >= 11 is 0. The molecule has 2 aromatic rings. The van der Waals surface area contributed by atoms with Gasteiger partial charge in [0.25, 0.3) is 10.0 Å². The highest BCUT2D eigenvalue weighted by Crippen LogP contribution is 2.17. The van der Waals surface area contributed by atoms with Gasteiger partial charge in [0.15, 0.2) is 0 Å². The van der Waals surface area contributed by atoms with E-state index in [0.29, 0.717) is 17.7 Å². The Morgan fingerprint density at radius 2 is 1.80 bits per heavy atom. The molecule has 0 fully saturated rings. The van der Waals surface area contributed by atoms with Crippen LogP contribution in [-0.2, 0) is 21.2 Å². The second kappa shape index (κ2) is 10.6. The number of hydrogen-bond acceptors (Lipinski definition) is 4. The van der Waals surface area contributed by atoms with Gasteiger partial charge in [-0.1, -0.05) is 54.6 Å². The summed E-state index contributed by atoms with van der Waals surface area (Å²) in [6.07, 6.45) is 10.00. The van der Waals surface area contributed by atoms with E-state index in [-0.39, 0.29) is 10.5 Å². The lowest BCUT2D eigenvalue weighted by Gasteiger charge is -2.11. The number of ether oxygens (including phenoxy) is 1. The van der Waals surface area contributed by atoms with E-state index in [4.69, 9.17) is 4.74 Å². The molecule has 0 saturated carbocycles. The number of aryl methyl sites for hydroxylation is 1. The van der Waals surface area contributed by atoms with Gasteiger partial charge in [-0.15, -0.1) is 0 Å². The Labute approximate surface area is 178 Å². The minimum atomic E-state index is -3.84. The van der Waals surface area contributed by atoms with Crippen LogP contribution in [0.3, 0.4) is 0 Å². The Balaban J connectivity index is 2.12. The number of sulfonamides is 1. The molecule has 0 saturated heterocycles. The van der Waals surface area contributed by atoms with Crippen LogP contribution in [-0.4, -0.2) is 21.5 Å². The first-order valence-corrected chi connectivity index (χ1v) is 11.0. The highest BCUT2D eigenvalue weighted by molar-refractivity contribution is 7.89. The Kier molecular flexibility index (Phi) is 8.18. The quantitative estimate of drug-likeness (QED) is 0.487. The molecule has 0 heterocycles. The summed E-state index contributed by atoms with van der Waals surface area (Å²) in [6, 6.07) is 12.5. The minimum absolute atomic E-state index is 0.000757. The molecular weight excluding hydrogens is 398 g/mol. The van der Waals surface area contributed by atoms with Crippen LogP contribution in [0.15, 0.2) is 77.4 Å². The fraction of sp³-hybridized carbons (Fsp3) is 0.208. The maximum atomic E-state index is 12.8. The number of allylic oxidation sites excluding steroid dienone is 4. The van der Waals surface area contributed by atoms with Crippen molar-refractivity contribution in [3.8, 4) is 0 Å². The maximum absolute atomic E-state index is 12.8. The molecule has 0 bridgehead atoms. The highest BCUT2D eigenvalue weighted by atomic mass is 32.2. The van der Waals surface area contributed by atoms with Crippen LogP contribution in [0, 0.1) is 6.92 Å². The number of carbonyl (C=O) groups excluding carboxylic acids is 1. The van der Waals surface area contributed by atoms with E-state index >= 15 is 0 Å². The molecule has 1 N–H and O–H groups in total. The number of nitrogens with one attached hydrogen (secondary N) is 1. The van der Waals surface area contributed by atoms with Gasteiger partial charge in [0.2, 0.25) is 0 Å². The first kappa shape index (κ1) is 23.2. The van der Waals surface area contributed by atoms with Crippen molar-refractivity contribution in [3.63, 3.8) is 0 Å². The van der Waals surface area contributed by atoms with Crippen molar-refractivity contribution in [1.82, 2.24) is 4.72 Å². The van der Waals surface area contributed by atoms with Gasteiger partial charge in [-0.25, -0.2) is 13.2 Å². The zero-order chi connectivity index (χ0) is 22.1. The molecule has 0 atom stereocenters. The zero-order valence-corrected chi connectivity index (χ0v) is 18.5. The average Bonchev–Trinajstić information content (AvgIpc) is 2.74. The summed E-state index contributed by atoms with van der Waals surface area (Å²) in [6.45, 7) is 5.45. The van der Waals surface area contributed by atoms with E-state index < -0.39 is 16.0 Å². The van der Waals surface area contributed by atoms with Crippen molar-refractivity contribution in [2.75, 3.05) is 7.11 Å². The molecule has 2 aromatic carbocycles. The van der Waals surface area contributed by atoms with E-state index in [2.05, 4.69) is 4.72 Å². The smallest absolute Gasteiger partial charge is 0.338 e. The normalized spacial score (nSPS) is 12.5. The van der Waals surface area contributed by atoms with Gasteiger partial charge < -0.3 is 4.74 Å². The average molecular weight is 426 g/mol. The molecule has 0 amide bonds. The van der Waals surface area contributed by atoms with E-state index in [0.717, 1.165) is 11.1 Å². The number of esters is 1. The molecule has 0 spiro atoms. The molecule has 5 nitrogen and oxygen atoms in total. The second-order valence-electron chi connectivity index (χ2n) is 6.67. The number of rotatable bonds is 8. The van der Waals surface area contributed by atoms with Crippen LogP contribution in [0.2, 0.25) is 0 Å². The third-order valence-corrected chi connectivity index (χ3v) is 5.86. The third-order valence-electron chi connectivity index (χ3n) is 4.48. The van der Waals surface area contributed by atoms with Gasteiger partial charge >= 0.3 is 5.97 Å². The van der Waals surface area contributed by atoms with Crippen LogP contribution in [0.25, 0.3) is 6.08 Å². The van der Waals surface area contributed by atoms with Crippen LogP contribution in [0.5, 0.6) is 0 Å². The Hall–Kier alpha value is -3.12. The van der Waals surface area contributed by atoms with E-state index in [9.17, 15) is 13.2 Å². The van der Waals surface area contributed by atoms with Gasteiger partial charge in [0.05, 0.1) is 17.6 Å². The van der Waals surface area contributed by atoms with Crippen LogP contribution in [0.1, 0.15) is 40.9 Å². The lowest BCUT2D eigenvalue weighted by Crippen LogP contribution is -2.23. The summed E-state index contributed by atoms with van der Waals surface area (Å²) in [5, 5.41) is 0. The molecule has 0 aliphatic heterocycles. The van der Waals surface area contributed by atoms with E-state index in [1.165, 1.54) is 19.2 Å². The van der Waals surface area contributed by atoms with Crippen LogP contribution >= 0.6 is 0 Å². The van der Waals surface area contributed by atoms with Gasteiger partial charge in [-0.3, -0.25) is 4.72 Å². The lowest BCUT2D eigenvalue weighted by atomic mass is 10.1. The van der Waals surface area contributed by atoms with Crippen molar-refractivity contribution < 1.29 is 17.9 Å². The van der Waals surface area contributed by atoms with Crippen molar-refractivity contribution in [3.05, 3.63) is 94.7 Å². The lowest BCUT2D eigenvalue weighted by molar-refractivity contribution is 0.0599. The zero-order valence-electron chi connectivity index (χ0n) is 17.7. The number of methoxy groups -OCH3 is 1. The molecule has 6 heteroatoms. The van der Waals surface area contributed by atoms with Gasteiger partial charge in [-0.05, 0) is 62.1 Å². The van der Waals surface area contributed by atoms with Crippen molar-refractivity contribution in [2.45, 2.75) is 32.1 Å². The third kappa shape index (κ3) is 6.19. The van der Waals surface area contributed by atoms with E-state index in [1.807, 2.05) is 49.4 Å². The molecule has 30 heavy (non-hydrogen) atoms. The fourth-order valence-corrected chi connectivity index (χ4v) is 3.91. The maximum Gasteiger partial charge on any atom is 0.338 e. The molecule has 0 aliphatic carbocycles. The number of hydrogen-bond donors (Lipinski definition) is 1. The Morgan fingerprint density at radius 1 is 1.10 bits per heavy atom. The van der Waals surface area contributed by atoms with Crippen LogP contribution in [0.4, 0.5) is 0 Å². The first-order valence-electron chi connectivity index (χ1n) is 9.57. The molecule has 0 aromatic heterocycles. The van der Waals surface area contributed by atoms with Crippen molar-refractivity contribution in [2.24, 2.45) is 0 Å². The Morgan fingerprint density at radius 3 is 2.40 bits per heavy atom. The summed E-state index contributed by atoms with van der Waals surface area (Å²) in [5.41, 5.74) is 3.57. The predicted octanol–water partition coefficient (Wildman–Crippen LogP) is 4.80.